The number of nitro benzene ring substituents is 1. The molecule has 0 heterocycles. The molecule has 0 fully saturated rings. The van der Waals surface area contributed by atoms with Crippen molar-refractivity contribution in [3.8, 4) is 0 Å². The zero-order valence-corrected chi connectivity index (χ0v) is 9.75. The monoisotopic (exact) mass is 240 g/mol. The van der Waals surface area contributed by atoms with Crippen molar-refractivity contribution >= 4 is 28.7 Å². The second kappa shape index (κ2) is 5.38. The predicted molar refractivity (Wildman–Crippen MR) is 66.1 cm³/mol. The summed E-state index contributed by atoms with van der Waals surface area (Å²) in [7, 11) is 3.62. The summed E-state index contributed by atoms with van der Waals surface area (Å²) >= 11 is 5.00. The molecule has 0 saturated heterocycles. The lowest BCUT2D eigenvalue weighted by atomic mass is 10.3. The maximum absolute atomic E-state index is 10.4. The number of hydrogen-bond donors (Lipinski definition) is 2. The highest BCUT2D eigenvalue weighted by Gasteiger charge is 2.04. The van der Waals surface area contributed by atoms with Gasteiger partial charge in [-0.15, -0.1) is 0 Å². The highest BCUT2D eigenvalue weighted by Crippen LogP contribution is 2.15. The lowest BCUT2D eigenvalue weighted by molar-refractivity contribution is -0.384. The first kappa shape index (κ1) is 12.3. The number of nitro groups is 1. The van der Waals surface area contributed by atoms with Crippen LogP contribution < -0.4 is 10.7 Å². The van der Waals surface area contributed by atoms with Crippen molar-refractivity contribution < 1.29 is 4.92 Å². The van der Waals surface area contributed by atoms with Gasteiger partial charge in [-0.3, -0.25) is 15.5 Å². The summed E-state index contributed by atoms with van der Waals surface area (Å²) in [6.45, 7) is 0. The Morgan fingerprint density at radius 3 is 2.38 bits per heavy atom. The Morgan fingerprint density at radius 2 is 1.94 bits per heavy atom. The van der Waals surface area contributed by atoms with E-state index >= 15 is 0 Å². The molecule has 0 aliphatic rings. The first-order chi connectivity index (χ1) is 7.49. The van der Waals surface area contributed by atoms with Gasteiger partial charge in [0.2, 0.25) is 0 Å². The minimum Gasteiger partial charge on any atom is -0.332 e. The Kier molecular flexibility index (Phi) is 4.15. The lowest BCUT2D eigenvalue weighted by Crippen LogP contribution is -2.38. The third kappa shape index (κ3) is 3.79. The van der Waals surface area contributed by atoms with Crippen LogP contribution >= 0.6 is 12.2 Å². The number of anilines is 1. The van der Waals surface area contributed by atoms with Crippen LogP contribution in [0.5, 0.6) is 0 Å². The molecule has 0 unspecified atom stereocenters. The van der Waals surface area contributed by atoms with Crippen molar-refractivity contribution in [1.82, 2.24) is 10.4 Å². The Morgan fingerprint density at radius 1 is 1.38 bits per heavy atom. The van der Waals surface area contributed by atoms with Gasteiger partial charge in [-0.25, -0.2) is 5.01 Å². The number of benzene rings is 1. The third-order valence-corrected chi connectivity index (χ3v) is 1.85. The molecule has 0 spiro atoms. The van der Waals surface area contributed by atoms with E-state index in [4.69, 9.17) is 12.2 Å². The first-order valence-corrected chi connectivity index (χ1v) is 4.89. The second-order valence-electron chi connectivity index (χ2n) is 3.26. The van der Waals surface area contributed by atoms with E-state index in [1.54, 1.807) is 17.1 Å². The van der Waals surface area contributed by atoms with Crippen molar-refractivity contribution in [2.75, 3.05) is 19.4 Å². The van der Waals surface area contributed by atoms with Gasteiger partial charge in [0.1, 0.15) is 0 Å². The van der Waals surface area contributed by atoms with Crippen LogP contribution in [0.1, 0.15) is 0 Å². The number of hydrogen-bond acceptors (Lipinski definition) is 4. The van der Waals surface area contributed by atoms with Gasteiger partial charge in [-0.2, -0.15) is 0 Å². The van der Waals surface area contributed by atoms with Crippen molar-refractivity contribution in [3.63, 3.8) is 0 Å². The van der Waals surface area contributed by atoms with Crippen molar-refractivity contribution in [3.05, 3.63) is 34.4 Å². The van der Waals surface area contributed by atoms with Crippen LogP contribution in [-0.2, 0) is 0 Å². The fourth-order valence-corrected chi connectivity index (χ4v) is 1.33. The van der Waals surface area contributed by atoms with Gasteiger partial charge in [0.05, 0.1) is 4.92 Å². The van der Waals surface area contributed by atoms with E-state index in [0.29, 0.717) is 10.8 Å². The summed E-state index contributed by atoms with van der Waals surface area (Å²) in [5, 5.41) is 15.4. The van der Waals surface area contributed by atoms with Crippen LogP contribution in [0.3, 0.4) is 0 Å². The summed E-state index contributed by atoms with van der Waals surface area (Å²) in [5.41, 5.74) is 3.60. The molecule has 0 saturated carbocycles. The smallest absolute Gasteiger partial charge is 0.269 e. The highest BCUT2D eigenvalue weighted by molar-refractivity contribution is 7.80. The maximum Gasteiger partial charge on any atom is 0.269 e. The Labute approximate surface area is 98.4 Å². The molecule has 0 aliphatic carbocycles. The molecular weight excluding hydrogens is 228 g/mol. The van der Waals surface area contributed by atoms with Gasteiger partial charge in [0.15, 0.2) is 5.11 Å². The molecule has 86 valence electrons. The fourth-order valence-electron chi connectivity index (χ4n) is 1.03. The van der Waals surface area contributed by atoms with E-state index in [0.717, 1.165) is 0 Å². The molecule has 6 nitrogen and oxygen atoms in total. The quantitative estimate of drug-likeness (QED) is 0.472. The average Bonchev–Trinajstić information content (AvgIpc) is 2.16. The molecule has 0 aromatic heterocycles. The molecular formula is C9H12N4O2S. The predicted octanol–water partition coefficient (Wildman–Crippen LogP) is 1.36. The molecule has 0 amide bonds. The van der Waals surface area contributed by atoms with E-state index in [-0.39, 0.29) is 5.69 Å². The molecule has 0 bridgehead atoms. The largest absolute Gasteiger partial charge is 0.332 e. The fraction of sp³-hybridized carbons (Fsp3) is 0.222. The van der Waals surface area contributed by atoms with E-state index in [1.807, 2.05) is 14.1 Å². The first-order valence-electron chi connectivity index (χ1n) is 4.48. The zero-order valence-electron chi connectivity index (χ0n) is 8.93. The van der Waals surface area contributed by atoms with E-state index in [9.17, 15) is 10.1 Å². The molecule has 0 atom stereocenters. The number of hydrazine groups is 1. The van der Waals surface area contributed by atoms with Gasteiger partial charge < -0.3 is 5.32 Å². The van der Waals surface area contributed by atoms with Crippen LogP contribution in [0.2, 0.25) is 0 Å². The summed E-state index contributed by atoms with van der Waals surface area (Å²) in [6, 6.07) is 6.03. The second-order valence-corrected chi connectivity index (χ2v) is 3.67. The SMILES string of the molecule is CN(C)NC(=S)Nc1ccc([N+](=O)[O-])cc1. The molecule has 7 heteroatoms. The van der Waals surface area contributed by atoms with Crippen LogP contribution in [0.4, 0.5) is 11.4 Å². The molecule has 1 aromatic rings. The Bertz CT molecular complexity index is 391. The number of nitrogens with one attached hydrogen (secondary N) is 2. The standard InChI is InChI=1S/C9H12N4O2S/c1-12(2)11-9(16)10-7-3-5-8(6-4-7)13(14)15/h3-6H,1-2H3,(H2,10,11,16). The van der Waals surface area contributed by atoms with Crippen LogP contribution in [0, 0.1) is 10.1 Å². The van der Waals surface area contributed by atoms with E-state index < -0.39 is 4.92 Å². The summed E-state index contributed by atoms with van der Waals surface area (Å²) in [4.78, 5) is 9.98. The molecule has 16 heavy (non-hydrogen) atoms. The van der Waals surface area contributed by atoms with E-state index in [1.165, 1.54) is 12.1 Å². The van der Waals surface area contributed by atoms with Crippen molar-refractivity contribution in [1.29, 1.82) is 0 Å². The molecule has 1 aromatic carbocycles. The van der Waals surface area contributed by atoms with Gasteiger partial charge in [-0.1, -0.05) is 0 Å². The van der Waals surface area contributed by atoms with Crippen LogP contribution in [0.15, 0.2) is 24.3 Å². The minimum atomic E-state index is -0.444. The third-order valence-electron chi connectivity index (χ3n) is 1.66. The van der Waals surface area contributed by atoms with Gasteiger partial charge in [-0.05, 0) is 24.4 Å². The topological polar surface area (TPSA) is 70.4 Å². The van der Waals surface area contributed by atoms with Gasteiger partial charge in [0, 0.05) is 31.9 Å². The minimum absolute atomic E-state index is 0.0528. The zero-order chi connectivity index (χ0) is 12.1. The van der Waals surface area contributed by atoms with Crippen molar-refractivity contribution in [2.24, 2.45) is 0 Å². The molecule has 2 N–H and O–H groups in total. The highest BCUT2D eigenvalue weighted by atomic mass is 32.1. The maximum atomic E-state index is 10.4. The van der Waals surface area contributed by atoms with Gasteiger partial charge >= 0.3 is 0 Å². The van der Waals surface area contributed by atoms with E-state index in [2.05, 4.69) is 10.7 Å². The van der Waals surface area contributed by atoms with Crippen molar-refractivity contribution in [2.45, 2.75) is 0 Å². The lowest BCUT2D eigenvalue weighted by Gasteiger charge is -2.15. The number of non-ortho nitro benzene ring substituents is 1. The molecule has 0 aliphatic heterocycles. The number of nitrogens with zero attached hydrogens (tertiary/aromatic N) is 2. The van der Waals surface area contributed by atoms with Crippen LogP contribution in [-0.4, -0.2) is 29.1 Å². The number of rotatable bonds is 3. The van der Waals surface area contributed by atoms with Gasteiger partial charge in [0.25, 0.3) is 5.69 Å². The molecule has 0 radical (unpaired) electrons. The average molecular weight is 240 g/mol. The summed E-state index contributed by atoms with van der Waals surface area (Å²) in [5.74, 6) is 0. The summed E-state index contributed by atoms with van der Waals surface area (Å²) in [6.07, 6.45) is 0. The number of thiocarbonyl (C=S) groups is 1. The molecule has 1 rings (SSSR count). The van der Waals surface area contributed by atoms with Crippen LogP contribution in [0.25, 0.3) is 0 Å². The Hall–Kier alpha value is -1.73. The normalized spacial score (nSPS) is 9.94. The summed E-state index contributed by atoms with van der Waals surface area (Å²) < 4.78 is 0. The Balaban J connectivity index is 2.62.